The van der Waals surface area contributed by atoms with Gasteiger partial charge in [-0.25, -0.2) is 0 Å². The standard InChI is InChI=1S/C20H21NO6/c1-25-17-8-7-12(9-18(17)26-2)15(10-19(22)23)21-20(24)14-11-27-16-6-4-3-5-13(14)16/h3-9,14-15H,10-11H2,1-2H3,(H,21,24)(H,22,23)/t14-,15+/m0/s1. The fourth-order valence-corrected chi connectivity index (χ4v) is 3.15. The fourth-order valence-electron chi connectivity index (χ4n) is 3.15. The molecular formula is C20H21NO6. The van der Waals surface area contributed by atoms with Crippen molar-refractivity contribution in [3.8, 4) is 17.2 Å². The van der Waals surface area contributed by atoms with Gasteiger partial charge in [0, 0.05) is 5.56 Å². The minimum atomic E-state index is -1.02. The summed E-state index contributed by atoms with van der Waals surface area (Å²) in [6.45, 7) is 0.233. The summed E-state index contributed by atoms with van der Waals surface area (Å²) in [5, 5.41) is 12.1. The Morgan fingerprint density at radius 3 is 2.63 bits per heavy atom. The number of nitrogens with one attached hydrogen (secondary N) is 1. The molecular weight excluding hydrogens is 350 g/mol. The molecule has 2 atom stereocenters. The maximum Gasteiger partial charge on any atom is 0.305 e. The molecule has 0 saturated heterocycles. The molecule has 0 bridgehead atoms. The second kappa shape index (κ2) is 7.99. The third kappa shape index (κ3) is 3.97. The van der Waals surface area contributed by atoms with Crippen LogP contribution in [0.3, 0.4) is 0 Å². The molecule has 2 aromatic rings. The number of para-hydroxylation sites is 1. The Bertz CT molecular complexity index is 850. The monoisotopic (exact) mass is 371 g/mol. The van der Waals surface area contributed by atoms with Crippen molar-refractivity contribution < 1.29 is 28.9 Å². The Kier molecular flexibility index (Phi) is 5.49. The molecule has 0 spiro atoms. The molecule has 0 fully saturated rings. The zero-order valence-electron chi connectivity index (χ0n) is 15.1. The Labute approximate surface area is 156 Å². The molecule has 2 aromatic carbocycles. The molecule has 1 aliphatic heterocycles. The molecule has 0 aliphatic carbocycles. The number of rotatable bonds is 7. The molecule has 1 heterocycles. The van der Waals surface area contributed by atoms with Gasteiger partial charge in [-0.2, -0.15) is 0 Å². The van der Waals surface area contributed by atoms with Gasteiger partial charge in [-0.15, -0.1) is 0 Å². The van der Waals surface area contributed by atoms with Crippen LogP contribution in [0.15, 0.2) is 42.5 Å². The molecule has 0 saturated carbocycles. The molecule has 1 aliphatic rings. The summed E-state index contributed by atoms with van der Waals surface area (Å²) in [4.78, 5) is 24.1. The van der Waals surface area contributed by atoms with Gasteiger partial charge in [0.25, 0.3) is 0 Å². The number of carboxylic acid groups (broad SMARTS) is 1. The number of aliphatic carboxylic acids is 1. The molecule has 2 N–H and O–H groups in total. The Morgan fingerprint density at radius 2 is 1.93 bits per heavy atom. The summed E-state index contributed by atoms with van der Waals surface area (Å²) in [5.74, 6) is -0.0933. The van der Waals surface area contributed by atoms with E-state index in [9.17, 15) is 14.7 Å². The average Bonchev–Trinajstić information content (AvgIpc) is 3.10. The topological polar surface area (TPSA) is 94.1 Å². The number of benzene rings is 2. The number of hydrogen-bond acceptors (Lipinski definition) is 5. The van der Waals surface area contributed by atoms with Crippen LogP contribution in [-0.2, 0) is 9.59 Å². The first-order valence-electron chi connectivity index (χ1n) is 8.49. The molecule has 7 heteroatoms. The molecule has 0 unspecified atom stereocenters. The van der Waals surface area contributed by atoms with Gasteiger partial charge in [0.05, 0.1) is 26.7 Å². The zero-order valence-corrected chi connectivity index (χ0v) is 15.1. The van der Waals surface area contributed by atoms with Gasteiger partial charge in [0.1, 0.15) is 18.3 Å². The summed E-state index contributed by atoms with van der Waals surface area (Å²) in [7, 11) is 3.02. The van der Waals surface area contributed by atoms with Crippen molar-refractivity contribution in [2.45, 2.75) is 18.4 Å². The van der Waals surface area contributed by atoms with Gasteiger partial charge in [-0.05, 0) is 23.8 Å². The molecule has 3 rings (SSSR count). The quantitative estimate of drug-likeness (QED) is 0.777. The molecule has 7 nitrogen and oxygen atoms in total. The Hall–Kier alpha value is -3.22. The highest BCUT2D eigenvalue weighted by atomic mass is 16.5. The highest BCUT2D eigenvalue weighted by molar-refractivity contribution is 5.86. The van der Waals surface area contributed by atoms with Crippen LogP contribution >= 0.6 is 0 Å². The van der Waals surface area contributed by atoms with E-state index in [2.05, 4.69) is 5.32 Å². The van der Waals surface area contributed by atoms with Crippen LogP contribution in [0.1, 0.15) is 29.5 Å². The van der Waals surface area contributed by atoms with E-state index in [-0.39, 0.29) is 18.9 Å². The lowest BCUT2D eigenvalue weighted by Gasteiger charge is -2.21. The van der Waals surface area contributed by atoms with E-state index in [1.807, 2.05) is 24.3 Å². The van der Waals surface area contributed by atoms with Gasteiger partial charge < -0.3 is 24.6 Å². The summed E-state index contributed by atoms with van der Waals surface area (Å²) in [6.07, 6.45) is -0.254. The first kappa shape index (κ1) is 18.6. The predicted molar refractivity (Wildman–Crippen MR) is 97.4 cm³/mol. The van der Waals surface area contributed by atoms with Gasteiger partial charge in [-0.3, -0.25) is 9.59 Å². The van der Waals surface area contributed by atoms with Crippen LogP contribution in [0.5, 0.6) is 17.2 Å². The van der Waals surface area contributed by atoms with E-state index < -0.39 is 17.9 Å². The normalized spacial score (nSPS) is 16.0. The number of fused-ring (bicyclic) bond motifs is 1. The maximum absolute atomic E-state index is 12.8. The molecule has 27 heavy (non-hydrogen) atoms. The van der Waals surface area contributed by atoms with Gasteiger partial charge in [0.15, 0.2) is 11.5 Å². The van der Waals surface area contributed by atoms with Crippen LogP contribution in [0, 0.1) is 0 Å². The minimum Gasteiger partial charge on any atom is -0.493 e. The van der Waals surface area contributed by atoms with Gasteiger partial charge in [-0.1, -0.05) is 24.3 Å². The number of methoxy groups -OCH3 is 2. The largest absolute Gasteiger partial charge is 0.493 e. The molecule has 142 valence electrons. The van der Waals surface area contributed by atoms with E-state index in [1.54, 1.807) is 18.2 Å². The predicted octanol–water partition coefficient (Wildman–Crippen LogP) is 2.51. The van der Waals surface area contributed by atoms with Crippen molar-refractivity contribution in [3.05, 3.63) is 53.6 Å². The van der Waals surface area contributed by atoms with Crippen molar-refractivity contribution >= 4 is 11.9 Å². The number of ether oxygens (including phenoxy) is 3. The van der Waals surface area contributed by atoms with E-state index >= 15 is 0 Å². The molecule has 0 aromatic heterocycles. The number of carboxylic acids is 1. The van der Waals surface area contributed by atoms with Crippen molar-refractivity contribution in [1.82, 2.24) is 5.32 Å². The SMILES string of the molecule is COc1ccc([C@@H](CC(=O)O)NC(=O)[C@H]2COc3ccccc32)cc1OC. The third-order valence-corrected chi connectivity index (χ3v) is 4.52. The van der Waals surface area contributed by atoms with Gasteiger partial charge in [0.2, 0.25) is 5.91 Å². The molecule has 0 radical (unpaired) electrons. The maximum atomic E-state index is 12.8. The van der Waals surface area contributed by atoms with E-state index in [0.717, 1.165) is 5.56 Å². The number of amides is 1. The summed E-state index contributed by atoms with van der Waals surface area (Å²) in [5.41, 5.74) is 1.42. The number of carbonyl (C=O) groups excluding carboxylic acids is 1. The lowest BCUT2D eigenvalue weighted by Crippen LogP contribution is -2.34. The van der Waals surface area contributed by atoms with Crippen LogP contribution in [0.25, 0.3) is 0 Å². The molecule has 1 amide bonds. The van der Waals surface area contributed by atoms with E-state index in [4.69, 9.17) is 14.2 Å². The zero-order chi connectivity index (χ0) is 19.4. The van der Waals surface area contributed by atoms with Crippen LogP contribution in [0.4, 0.5) is 0 Å². The third-order valence-electron chi connectivity index (χ3n) is 4.52. The van der Waals surface area contributed by atoms with Gasteiger partial charge >= 0.3 is 5.97 Å². The summed E-state index contributed by atoms with van der Waals surface area (Å²) >= 11 is 0. The summed E-state index contributed by atoms with van der Waals surface area (Å²) in [6, 6.07) is 11.7. The lowest BCUT2D eigenvalue weighted by molar-refractivity contribution is -0.137. The van der Waals surface area contributed by atoms with Crippen LogP contribution in [0.2, 0.25) is 0 Å². The minimum absolute atomic E-state index is 0.233. The Morgan fingerprint density at radius 1 is 1.19 bits per heavy atom. The van der Waals surface area contributed by atoms with Crippen molar-refractivity contribution in [2.24, 2.45) is 0 Å². The fraction of sp³-hybridized carbons (Fsp3) is 0.300. The van der Waals surface area contributed by atoms with Crippen LogP contribution < -0.4 is 19.5 Å². The Balaban J connectivity index is 1.84. The second-order valence-corrected chi connectivity index (χ2v) is 6.17. The van der Waals surface area contributed by atoms with Crippen LogP contribution in [-0.4, -0.2) is 37.8 Å². The highest BCUT2D eigenvalue weighted by Gasteiger charge is 2.32. The van der Waals surface area contributed by atoms with E-state index in [0.29, 0.717) is 22.8 Å². The number of carbonyl (C=O) groups is 2. The van der Waals surface area contributed by atoms with Crippen molar-refractivity contribution in [3.63, 3.8) is 0 Å². The lowest BCUT2D eigenvalue weighted by atomic mass is 9.98. The van der Waals surface area contributed by atoms with E-state index in [1.165, 1.54) is 14.2 Å². The first-order valence-corrected chi connectivity index (χ1v) is 8.49. The smallest absolute Gasteiger partial charge is 0.305 e. The average molecular weight is 371 g/mol. The van der Waals surface area contributed by atoms with Crippen molar-refractivity contribution in [1.29, 1.82) is 0 Å². The summed E-state index contributed by atoms with van der Waals surface area (Å²) < 4.78 is 16.0. The van der Waals surface area contributed by atoms with Crippen molar-refractivity contribution in [2.75, 3.05) is 20.8 Å². The first-order chi connectivity index (χ1) is 13.0. The second-order valence-electron chi connectivity index (χ2n) is 6.17. The highest BCUT2D eigenvalue weighted by Crippen LogP contribution is 2.35. The number of hydrogen-bond donors (Lipinski definition) is 2.